The first-order valence-electron chi connectivity index (χ1n) is 6.26. The van der Waals surface area contributed by atoms with Crippen molar-refractivity contribution in [3.05, 3.63) is 64.7 Å². The van der Waals surface area contributed by atoms with E-state index in [1.807, 2.05) is 30.3 Å². The van der Waals surface area contributed by atoms with Gasteiger partial charge in [-0.25, -0.2) is 0 Å². The molecule has 0 amide bonds. The van der Waals surface area contributed by atoms with Crippen LogP contribution in [0.25, 0.3) is 0 Å². The highest BCUT2D eigenvalue weighted by molar-refractivity contribution is 6.32. The zero-order valence-electron chi connectivity index (χ0n) is 10.7. The molecule has 2 rings (SSSR count). The van der Waals surface area contributed by atoms with Crippen LogP contribution in [0.2, 0.25) is 5.02 Å². The molecule has 1 unspecified atom stereocenters. The molecule has 0 bridgehead atoms. The van der Waals surface area contributed by atoms with Crippen molar-refractivity contribution in [3.8, 4) is 6.07 Å². The number of nitriles is 1. The minimum atomic E-state index is 0.173. The minimum absolute atomic E-state index is 0.173. The van der Waals surface area contributed by atoms with Gasteiger partial charge >= 0.3 is 0 Å². The van der Waals surface area contributed by atoms with Gasteiger partial charge in [0, 0.05) is 0 Å². The summed E-state index contributed by atoms with van der Waals surface area (Å²) in [6.07, 6.45) is 0.932. The fraction of sp³-hybridized carbons (Fsp3) is 0.188. The van der Waals surface area contributed by atoms with E-state index in [0.717, 1.165) is 12.1 Å². The van der Waals surface area contributed by atoms with Gasteiger partial charge in [0.25, 0.3) is 0 Å². The molecule has 0 fully saturated rings. The normalized spacial score (nSPS) is 11.6. The zero-order chi connectivity index (χ0) is 13.7. The number of nitrogens with one attached hydrogen (secondary N) is 1. The van der Waals surface area contributed by atoms with Gasteiger partial charge in [-0.1, -0.05) is 54.9 Å². The highest BCUT2D eigenvalue weighted by atomic mass is 35.5. The summed E-state index contributed by atoms with van der Waals surface area (Å²) in [5, 5.41) is 13.1. The van der Waals surface area contributed by atoms with Crippen molar-refractivity contribution in [3.63, 3.8) is 0 Å². The molecule has 0 aliphatic rings. The molecule has 0 aliphatic carbocycles. The average molecular weight is 271 g/mol. The van der Waals surface area contributed by atoms with E-state index in [4.69, 9.17) is 11.6 Å². The maximum atomic E-state index is 9.18. The maximum Gasteiger partial charge on any atom is 0.103 e. The second-order valence-electron chi connectivity index (χ2n) is 4.29. The molecule has 1 atom stereocenters. The number of rotatable bonds is 4. The first kappa shape index (κ1) is 13.5. The standard InChI is InChI=1S/C16H15ClN2/c1-2-15(12-7-4-3-5-8-12)19-16-10-6-9-14(17)13(16)11-18/h3-10,15,19H,2H2,1H3. The molecule has 0 saturated heterocycles. The summed E-state index contributed by atoms with van der Waals surface area (Å²) in [6.45, 7) is 2.11. The molecule has 1 N–H and O–H groups in total. The molecule has 0 saturated carbocycles. The summed E-state index contributed by atoms with van der Waals surface area (Å²) in [5.41, 5.74) is 2.48. The van der Waals surface area contributed by atoms with E-state index in [9.17, 15) is 5.26 Å². The SMILES string of the molecule is CCC(Nc1cccc(Cl)c1C#N)c1ccccc1. The molecular formula is C16H15ClN2. The molecule has 0 aromatic heterocycles. The maximum absolute atomic E-state index is 9.18. The van der Waals surface area contributed by atoms with Crippen molar-refractivity contribution in [2.45, 2.75) is 19.4 Å². The van der Waals surface area contributed by atoms with E-state index in [0.29, 0.717) is 10.6 Å². The van der Waals surface area contributed by atoms with Crippen LogP contribution in [-0.4, -0.2) is 0 Å². The average Bonchev–Trinajstić information content (AvgIpc) is 2.46. The predicted molar refractivity (Wildman–Crippen MR) is 79.3 cm³/mol. The number of halogens is 1. The Kier molecular flexibility index (Phi) is 4.43. The quantitative estimate of drug-likeness (QED) is 0.868. The van der Waals surface area contributed by atoms with E-state index >= 15 is 0 Å². The highest BCUT2D eigenvalue weighted by Gasteiger charge is 2.12. The van der Waals surface area contributed by atoms with E-state index in [1.165, 1.54) is 5.56 Å². The van der Waals surface area contributed by atoms with Gasteiger partial charge in [-0.2, -0.15) is 5.26 Å². The number of hydrogen-bond donors (Lipinski definition) is 1. The first-order chi connectivity index (χ1) is 9.26. The summed E-state index contributed by atoms with van der Waals surface area (Å²) >= 11 is 6.04. The Morgan fingerprint density at radius 2 is 1.89 bits per heavy atom. The molecule has 0 heterocycles. The van der Waals surface area contributed by atoms with E-state index in [1.54, 1.807) is 6.07 Å². The molecule has 0 radical (unpaired) electrons. The van der Waals surface area contributed by atoms with Crippen molar-refractivity contribution in [1.82, 2.24) is 0 Å². The summed E-state index contributed by atoms with van der Waals surface area (Å²) in [5.74, 6) is 0. The molecule has 0 aliphatic heterocycles. The highest BCUT2D eigenvalue weighted by Crippen LogP contribution is 2.28. The number of nitrogens with zero attached hydrogens (tertiary/aromatic N) is 1. The van der Waals surface area contributed by atoms with Crippen LogP contribution in [0.15, 0.2) is 48.5 Å². The van der Waals surface area contributed by atoms with E-state index in [2.05, 4.69) is 30.4 Å². The van der Waals surface area contributed by atoms with Gasteiger partial charge < -0.3 is 5.32 Å². The van der Waals surface area contributed by atoms with Crippen molar-refractivity contribution >= 4 is 17.3 Å². The summed E-state index contributed by atoms with van der Waals surface area (Å²) in [7, 11) is 0. The second kappa shape index (κ2) is 6.26. The fourth-order valence-corrected chi connectivity index (χ4v) is 2.27. The molecule has 96 valence electrons. The molecule has 19 heavy (non-hydrogen) atoms. The third kappa shape index (κ3) is 3.07. The largest absolute Gasteiger partial charge is 0.377 e. The Hall–Kier alpha value is -1.98. The van der Waals surface area contributed by atoms with Crippen molar-refractivity contribution in [2.75, 3.05) is 5.32 Å². The van der Waals surface area contributed by atoms with Crippen LogP contribution >= 0.6 is 11.6 Å². The number of hydrogen-bond acceptors (Lipinski definition) is 2. The summed E-state index contributed by atoms with van der Waals surface area (Å²) < 4.78 is 0. The lowest BCUT2D eigenvalue weighted by Gasteiger charge is -2.19. The Balaban J connectivity index is 2.30. The smallest absolute Gasteiger partial charge is 0.103 e. The lowest BCUT2D eigenvalue weighted by Crippen LogP contribution is -2.10. The van der Waals surface area contributed by atoms with Crippen molar-refractivity contribution < 1.29 is 0 Å². The van der Waals surface area contributed by atoms with Gasteiger partial charge in [0.2, 0.25) is 0 Å². The lowest BCUT2D eigenvalue weighted by molar-refractivity contribution is 0.749. The Morgan fingerprint density at radius 3 is 2.53 bits per heavy atom. The van der Waals surface area contributed by atoms with E-state index < -0.39 is 0 Å². The second-order valence-corrected chi connectivity index (χ2v) is 4.70. The fourth-order valence-electron chi connectivity index (χ4n) is 2.05. The Labute approximate surface area is 118 Å². The minimum Gasteiger partial charge on any atom is -0.377 e. The Bertz CT molecular complexity index is 587. The molecule has 2 aromatic rings. The van der Waals surface area contributed by atoms with Crippen LogP contribution in [0.5, 0.6) is 0 Å². The van der Waals surface area contributed by atoms with Gasteiger partial charge in [-0.3, -0.25) is 0 Å². The van der Waals surface area contributed by atoms with Crippen molar-refractivity contribution in [1.29, 1.82) is 5.26 Å². The third-order valence-corrected chi connectivity index (χ3v) is 3.38. The lowest BCUT2D eigenvalue weighted by atomic mass is 10.0. The van der Waals surface area contributed by atoms with Crippen LogP contribution in [0.3, 0.4) is 0 Å². The monoisotopic (exact) mass is 270 g/mol. The number of benzene rings is 2. The van der Waals surface area contributed by atoms with Gasteiger partial charge in [0.15, 0.2) is 0 Å². The predicted octanol–water partition coefficient (Wildman–Crippen LogP) is 4.77. The molecule has 0 spiro atoms. The Morgan fingerprint density at radius 1 is 1.16 bits per heavy atom. The van der Waals surface area contributed by atoms with Gasteiger partial charge in [-0.15, -0.1) is 0 Å². The first-order valence-corrected chi connectivity index (χ1v) is 6.64. The molecule has 3 heteroatoms. The van der Waals surface area contributed by atoms with Crippen LogP contribution in [0.4, 0.5) is 5.69 Å². The van der Waals surface area contributed by atoms with Crippen LogP contribution < -0.4 is 5.32 Å². The summed E-state index contributed by atoms with van der Waals surface area (Å²) in [4.78, 5) is 0. The van der Waals surface area contributed by atoms with Gasteiger partial charge in [0.1, 0.15) is 6.07 Å². The summed E-state index contributed by atoms with van der Waals surface area (Å²) in [6, 6.07) is 18.0. The zero-order valence-corrected chi connectivity index (χ0v) is 11.5. The van der Waals surface area contributed by atoms with Crippen LogP contribution in [0.1, 0.15) is 30.5 Å². The van der Waals surface area contributed by atoms with Crippen LogP contribution in [0, 0.1) is 11.3 Å². The third-order valence-electron chi connectivity index (χ3n) is 3.07. The topological polar surface area (TPSA) is 35.8 Å². The van der Waals surface area contributed by atoms with E-state index in [-0.39, 0.29) is 6.04 Å². The van der Waals surface area contributed by atoms with Crippen molar-refractivity contribution in [2.24, 2.45) is 0 Å². The van der Waals surface area contributed by atoms with Gasteiger partial charge in [-0.05, 0) is 24.1 Å². The molecular weight excluding hydrogens is 256 g/mol. The van der Waals surface area contributed by atoms with Gasteiger partial charge in [0.05, 0.1) is 22.3 Å². The molecule has 2 nitrogen and oxygen atoms in total. The van der Waals surface area contributed by atoms with Crippen LogP contribution in [-0.2, 0) is 0 Å². The number of anilines is 1. The molecule has 2 aromatic carbocycles.